The second kappa shape index (κ2) is 7.99. The van der Waals surface area contributed by atoms with E-state index in [9.17, 15) is 14.4 Å². The molecule has 3 aliphatic rings. The lowest BCUT2D eigenvalue weighted by Crippen LogP contribution is -2.53. The summed E-state index contributed by atoms with van der Waals surface area (Å²) in [5.41, 5.74) is 3.97. The Balaban J connectivity index is 1.48. The first-order chi connectivity index (χ1) is 15.9. The smallest absolute Gasteiger partial charge is 0.338 e. The van der Waals surface area contributed by atoms with Gasteiger partial charge in [0.05, 0.1) is 18.1 Å². The number of nitrogens with zero attached hydrogens (tertiary/aromatic N) is 1. The molecule has 2 saturated heterocycles. The van der Waals surface area contributed by atoms with Crippen LogP contribution in [0, 0.1) is 19.8 Å². The van der Waals surface area contributed by atoms with E-state index < -0.39 is 17.4 Å². The fraction of sp³-hybridized carbons (Fsp3) is 0.423. The third-order valence-corrected chi connectivity index (χ3v) is 7.55. The summed E-state index contributed by atoms with van der Waals surface area (Å²) in [4.78, 5) is 41.4. The normalized spacial score (nSPS) is 25.6. The third-order valence-electron chi connectivity index (χ3n) is 7.55. The maximum Gasteiger partial charge on any atom is 0.338 e. The summed E-state index contributed by atoms with van der Waals surface area (Å²) in [5.74, 6) is -1.17. The third kappa shape index (κ3) is 3.17. The number of amides is 2. The van der Waals surface area contributed by atoms with E-state index in [1.54, 1.807) is 31.2 Å². The second-order valence-electron chi connectivity index (χ2n) is 9.22. The molecule has 1 spiro atoms. The molecule has 2 N–H and O–H groups in total. The Hall–Kier alpha value is -3.19. The molecule has 2 fully saturated rings. The molecule has 3 unspecified atom stereocenters. The van der Waals surface area contributed by atoms with E-state index in [4.69, 9.17) is 4.74 Å². The number of esters is 1. The van der Waals surface area contributed by atoms with Gasteiger partial charge in [-0.25, -0.2) is 4.79 Å². The lowest BCUT2D eigenvalue weighted by atomic mass is 9.77. The van der Waals surface area contributed by atoms with E-state index in [1.807, 2.05) is 26.0 Å². The lowest BCUT2D eigenvalue weighted by molar-refractivity contribution is -0.135. The van der Waals surface area contributed by atoms with Gasteiger partial charge in [0.1, 0.15) is 5.54 Å². The van der Waals surface area contributed by atoms with E-state index in [0.717, 1.165) is 41.8 Å². The van der Waals surface area contributed by atoms with Crippen molar-refractivity contribution in [1.29, 1.82) is 0 Å². The molecule has 33 heavy (non-hydrogen) atoms. The number of benzene rings is 2. The van der Waals surface area contributed by atoms with Crippen LogP contribution in [0.5, 0.6) is 0 Å². The number of fused-ring (bicyclic) bond motifs is 4. The standard InChI is InChI=1S/C26H29N3O4/c1-4-33-24(31)17-8-10-18(11-9-17)27-23(30)21-14-19-6-5-13-29(19)26(21)20-12-7-15(2)16(3)22(20)28-25(26)32/h7-12,19,21H,4-6,13-14H2,1-3H3,(H,27,30)(H,28,32). The first-order valence-corrected chi connectivity index (χ1v) is 11.6. The van der Waals surface area contributed by atoms with Crippen molar-refractivity contribution in [3.63, 3.8) is 0 Å². The van der Waals surface area contributed by atoms with Crippen LogP contribution in [0.25, 0.3) is 0 Å². The number of rotatable bonds is 4. The largest absolute Gasteiger partial charge is 0.462 e. The summed E-state index contributed by atoms with van der Waals surface area (Å²) in [7, 11) is 0. The molecule has 5 rings (SSSR count). The predicted molar refractivity (Wildman–Crippen MR) is 125 cm³/mol. The number of nitrogens with one attached hydrogen (secondary N) is 2. The van der Waals surface area contributed by atoms with Crippen LogP contribution in [0.2, 0.25) is 0 Å². The number of hydrogen-bond acceptors (Lipinski definition) is 5. The Morgan fingerprint density at radius 2 is 1.94 bits per heavy atom. The van der Waals surface area contributed by atoms with Gasteiger partial charge in [0, 0.05) is 23.0 Å². The van der Waals surface area contributed by atoms with Gasteiger partial charge in [0.25, 0.3) is 0 Å². The molecule has 3 atom stereocenters. The van der Waals surface area contributed by atoms with Gasteiger partial charge in [-0.15, -0.1) is 0 Å². The van der Waals surface area contributed by atoms with Gasteiger partial charge in [-0.05, 0) is 82.0 Å². The summed E-state index contributed by atoms with van der Waals surface area (Å²) in [5, 5.41) is 6.12. The Bertz CT molecular complexity index is 1140. The number of aryl methyl sites for hydroxylation is 1. The minimum Gasteiger partial charge on any atom is -0.462 e. The minimum atomic E-state index is -0.982. The monoisotopic (exact) mass is 447 g/mol. The molecular weight excluding hydrogens is 418 g/mol. The number of ether oxygens (including phenoxy) is 1. The first-order valence-electron chi connectivity index (χ1n) is 11.6. The molecule has 0 bridgehead atoms. The van der Waals surface area contributed by atoms with Gasteiger partial charge < -0.3 is 15.4 Å². The van der Waals surface area contributed by atoms with Crippen molar-refractivity contribution in [1.82, 2.24) is 4.90 Å². The van der Waals surface area contributed by atoms with Crippen LogP contribution in [0.15, 0.2) is 36.4 Å². The predicted octanol–water partition coefficient (Wildman–Crippen LogP) is 3.75. The van der Waals surface area contributed by atoms with Crippen LogP contribution < -0.4 is 10.6 Å². The van der Waals surface area contributed by atoms with Crippen LogP contribution >= 0.6 is 0 Å². The highest BCUT2D eigenvalue weighted by molar-refractivity contribution is 6.11. The van der Waals surface area contributed by atoms with Crippen molar-refractivity contribution >= 4 is 29.2 Å². The van der Waals surface area contributed by atoms with Gasteiger partial charge in [0.15, 0.2) is 0 Å². The summed E-state index contributed by atoms with van der Waals surface area (Å²) < 4.78 is 5.02. The number of carbonyl (C=O) groups is 3. The maximum absolute atomic E-state index is 13.6. The van der Waals surface area contributed by atoms with Gasteiger partial charge >= 0.3 is 5.97 Å². The summed E-state index contributed by atoms with van der Waals surface area (Å²) in [6.45, 7) is 6.92. The molecule has 3 heterocycles. The zero-order chi connectivity index (χ0) is 23.3. The Morgan fingerprint density at radius 1 is 1.18 bits per heavy atom. The molecule has 2 aromatic carbocycles. The summed E-state index contributed by atoms with van der Waals surface area (Å²) in [6, 6.07) is 10.9. The van der Waals surface area contributed by atoms with Crippen LogP contribution in [0.3, 0.4) is 0 Å². The topological polar surface area (TPSA) is 87.7 Å². The molecule has 172 valence electrons. The highest BCUT2D eigenvalue weighted by Crippen LogP contribution is 2.56. The van der Waals surface area contributed by atoms with Gasteiger partial charge in [-0.1, -0.05) is 12.1 Å². The first kappa shape index (κ1) is 21.6. The van der Waals surface area contributed by atoms with Crippen molar-refractivity contribution in [2.45, 2.75) is 51.6 Å². The number of carbonyl (C=O) groups excluding carboxylic acids is 3. The van der Waals surface area contributed by atoms with E-state index in [0.29, 0.717) is 24.3 Å². The van der Waals surface area contributed by atoms with E-state index in [-0.39, 0.29) is 17.9 Å². The molecule has 2 aromatic rings. The van der Waals surface area contributed by atoms with Crippen molar-refractivity contribution in [3.05, 3.63) is 58.7 Å². The van der Waals surface area contributed by atoms with E-state index in [2.05, 4.69) is 15.5 Å². The minimum absolute atomic E-state index is 0.103. The molecule has 0 saturated carbocycles. The Labute approximate surface area is 193 Å². The second-order valence-corrected chi connectivity index (χ2v) is 9.22. The van der Waals surface area contributed by atoms with Gasteiger partial charge in [0.2, 0.25) is 11.8 Å². The van der Waals surface area contributed by atoms with Gasteiger partial charge in [-0.3, -0.25) is 14.5 Å². The Kier molecular flexibility index (Phi) is 5.24. The summed E-state index contributed by atoms with van der Waals surface area (Å²) in [6.07, 6.45) is 2.67. The quantitative estimate of drug-likeness (QED) is 0.697. The molecule has 0 aliphatic carbocycles. The van der Waals surface area contributed by atoms with Crippen LogP contribution in [0.4, 0.5) is 11.4 Å². The zero-order valence-corrected chi connectivity index (χ0v) is 19.2. The highest BCUT2D eigenvalue weighted by atomic mass is 16.5. The Morgan fingerprint density at radius 3 is 2.67 bits per heavy atom. The molecule has 0 radical (unpaired) electrons. The van der Waals surface area contributed by atoms with Gasteiger partial charge in [-0.2, -0.15) is 0 Å². The average Bonchev–Trinajstić information content (AvgIpc) is 3.46. The van der Waals surface area contributed by atoms with E-state index >= 15 is 0 Å². The average molecular weight is 448 g/mol. The van der Waals surface area contributed by atoms with Crippen LogP contribution in [-0.2, 0) is 19.9 Å². The van der Waals surface area contributed by atoms with Crippen molar-refractivity contribution < 1.29 is 19.1 Å². The zero-order valence-electron chi connectivity index (χ0n) is 19.2. The summed E-state index contributed by atoms with van der Waals surface area (Å²) >= 11 is 0. The lowest BCUT2D eigenvalue weighted by Gasteiger charge is -2.36. The van der Waals surface area contributed by atoms with E-state index in [1.165, 1.54) is 0 Å². The molecule has 2 amide bonds. The highest BCUT2D eigenvalue weighted by Gasteiger charge is 2.65. The van der Waals surface area contributed by atoms with Crippen LogP contribution in [0.1, 0.15) is 53.2 Å². The molecule has 7 heteroatoms. The molecular formula is C26H29N3O4. The molecule has 3 aliphatic heterocycles. The number of hydrogen-bond donors (Lipinski definition) is 2. The molecule has 7 nitrogen and oxygen atoms in total. The molecule has 0 aromatic heterocycles. The van der Waals surface area contributed by atoms with Crippen LogP contribution in [-0.4, -0.2) is 41.9 Å². The SMILES string of the molecule is CCOC(=O)c1ccc(NC(=O)C2CC3CCCN3C23C(=O)Nc2c3ccc(C)c2C)cc1. The number of anilines is 2. The van der Waals surface area contributed by atoms with Crippen molar-refractivity contribution in [2.75, 3.05) is 23.8 Å². The van der Waals surface area contributed by atoms with Crippen molar-refractivity contribution in [2.24, 2.45) is 5.92 Å². The fourth-order valence-electron chi connectivity index (χ4n) is 5.87. The fourth-order valence-corrected chi connectivity index (χ4v) is 5.87. The van der Waals surface area contributed by atoms with Crippen molar-refractivity contribution in [3.8, 4) is 0 Å². The maximum atomic E-state index is 13.6.